The van der Waals surface area contributed by atoms with Crippen molar-refractivity contribution in [2.24, 2.45) is 11.0 Å². The van der Waals surface area contributed by atoms with Crippen LogP contribution >= 0.6 is 0 Å². The minimum Gasteiger partial charge on any atom is -0.479 e. The zero-order valence-electron chi connectivity index (χ0n) is 15.4. The topological polar surface area (TPSA) is 108 Å². The summed E-state index contributed by atoms with van der Waals surface area (Å²) in [5.74, 6) is -1.15. The first-order valence-corrected chi connectivity index (χ1v) is 9.44. The first-order valence-electron chi connectivity index (χ1n) is 9.44. The van der Waals surface area contributed by atoms with Gasteiger partial charge in [-0.3, -0.25) is 15.4 Å². The van der Waals surface area contributed by atoms with Gasteiger partial charge >= 0.3 is 5.97 Å². The molecule has 0 spiro atoms. The fraction of sp³-hybridized carbons (Fsp3) is 0.333. The first kappa shape index (κ1) is 18.3. The van der Waals surface area contributed by atoms with Gasteiger partial charge in [0.05, 0.1) is 22.8 Å². The largest absolute Gasteiger partial charge is 0.479 e. The standard InChI is InChI=1S/C21H22N4O3/c26-20(27)21(28)10-5-6-14-15(9-11-21)19(17-8-2-4-13-23-17)25-24-18(14)16-7-1-3-12-22-16/h1-4,7-8,12-14,25,28H,5-6,9-11H2,(H,26,27). The number of aromatic nitrogens is 2. The lowest BCUT2D eigenvalue weighted by molar-refractivity contribution is -0.160. The van der Waals surface area contributed by atoms with Gasteiger partial charge in [0.15, 0.2) is 5.60 Å². The summed E-state index contributed by atoms with van der Waals surface area (Å²) < 4.78 is 0. The Morgan fingerprint density at radius 1 is 1.07 bits per heavy atom. The van der Waals surface area contributed by atoms with Gasteiger partial charge in [-0.25, -0.2) is 4.79 Å². The van der Waals surface area contributed by atoms with Gasteiger partial charge in [0.1, 0.15) is 0 Å². The molecule has 1 aliphatic carbocycles. The van der Waals surface area contributed by atoms with Crippen molar-refractivity contribution in [2.45, 2.75) is 37.7 Å². The lowest BCUT2D eigenvalue weighted by Gasteiger charge is -2.34. The van der Waals surface area contributed by atoms with Crippen LogP contribution in [0.25, 0.3) is 5.70 Å². The van der Waals surface area contributed by atoms with Crippen molar-refractivity contribution < 1.29 is 15.0 Å². The van der Waals surface area contributed by atoms with Crippen LogP contribution in [0.3, 0.4) is 0 Å². The summed E-state index contributed by atoms with van der Waals surface area (Å²) >= 11 is 0. The molecule has 0 radical (unpaired) electrons. The number of carboxylic acid groups (broad SMARTS) is 1. The molecule has 2 unspecified atom stereocenters. The highest BCUT2D eigenvalue weighted by molar-refractivity contribution is 6.04. The molecule has 1 aliphatic heterocycles. The third kappa shape index (κ3) is 3.41. The quantitative estimate of drug-likeness (QED) is 0.758. The number of allylic oxidation sites excluding steroid dienone is 1. The smallest absolute Gasteiger partial charge is 0.335 e. The predicted molar refractivity (Wildman–Crippen MR) is 104 cm³/mol. The van der Waals surface area contributed by atoms with E-state index in [0.717, 1.165) is 28.4 Å². The molecule has 1 fully saturated rings. The molecular formula is C21H22N4O3. The molecule has 2 aliphatic rings. The average molecular weight is 378 g/mol. The summed E-state index contributed by atoms with van der Waals surface area (Å²) in [5, 5.41) is 24.7. The molecular weight excluding hydrogens is 356 g/mol. The number of aliphatic carboxylic acids is 1. The minimum atomic E-state index is -1.70. The number of hydrogen-bond donors (Lipinski definition) is 3. The number of hydrogen-bond acceptors (Lipinski definition) is 6. The van der Waals surface area contributed by atoms with E-state index in [0.29, 0.717) is 19.3 Å². The fourth-order valence-electron chi connectivity index (χ4n) is 3.98. The van der Waals surface area contributed by atoms with E-state index in [1.807, 2.05) is 36.4 Å². The maximum absolute atomic E-state index is 11.6. The zero-order valence-corrected chi connectivity index (χ0v) is 15.4. The maximum Gasteiger partial charge on any atom is 0.335 e. The molecule has 144 valence electrons. The van der Waals surface area contributed by atoms with Crippen LogP contribution in [0, 0.1) is 5.92 Å². The van der Waals surface area contributed by atoms with Crippen LogP contribution in [-0.2, 0) is 4.79 Å². The first-order chi connectivity index (χ1) is 13.6. The third-order valence-electron chi connectivity index (χ3n) is 5.50. The summed E-state index contributed by atoms with van der Waals surface area (Å²) in [6, 6.07) is 11.4. The molecule has 2 atom stereocenters. The molecule has 0 bridgehead atoms. The summed E-state index contributed by atoms with van der Waals surface area (Å²) in [6.45, 7) is 0. The molecule has 0 saturated heterocycles. The van der Waals surface area contributed by atoms with E-state index in [1.165, 1.54) is 0 Å². The third-order valence-corrected chi connectivity index (χ3v) is 5.50. The van der Waals surface area contributed by atoms with Gasteiger partial charge in [-0.15, -0.1) is 0 Å². The Balaban J connectivity index is 1.76. The van der Waals surface area contributed by atoms with E-state index in [4.69, 9.17) is 0 Å². The van der Waals surface area contributed by atoms with Gasteiger partial charge in [-0.05, 0) is 61.9 Å². The van der Waals surface area contributed by atoms with Crippen molar-refractivity contribution in [2.75, 3.05) is 0 Å². The zero-order chi connectivity index (χ0) is 19.6. The Hall–Kier alpha value is -3.06. The van der Waals surface area contributed by atoms with Gasteiger partial charge in [0.25, 0.3) is 0 Å². The minimum absolute atomic E-state index is 0.00602. The molecule has 2 aromatic rings. The van der Waals surface area contributed by atoms with E-state index < -0.39 is 11.6 Å². The Labute approximate surface area is 162 Å². The number of hydrazone groups is 1. The molecule has 3 heterocycles. The van der Waals surface area contributed by atoms with Crippen LogP contribution in [-0.4, -0.2) is 37.5 Å². The highest BCUT2D eigenvalue weighted by Crippen LogP contribution is 2.39. The van der Waals surface area contributed by atoms with Gasteiger partial charge in [-0.2, -0.15) is 5.10 Å². The molecule has 3 N–H and O–H groups in total. The predicted octanol–water partition coefficient (Wildman–Crippen LogP) is 2.59. The Kier molecular flexibility index (Phi) is 4.92. The van der Waals surface area contributed by atoms with Crippen LogP contribution in [0.5, 0.6) is 0 Å². The number of aliphatic hydroxyl groups is 1. The normalized spacial score (nSPS) is 25.0. The number of carboxylic acids is 1. The van der Waals surface area contributed by atoms with Gasteiger partial charge in [0, 0.05) is 18.3 Å². The summed E-state index contributed by atoms with van der Waals surface area (Å²) in [4.78, 5) is 20.5. The summed E-state index contributed by atoms with van der Waals surface area (Å²) in [5.41, 5.74) is 5.63. The Morgan fingerprint density at radius 2 is 1.79 bits per heavy atom. The van der Waals surface area contributed by atoms with Crippen LogP contribution in [0.15, 0.2) is 59.5 Å². The van der Waals surface area contributed by atoms with E-state index in [9.17, 15) is 15.0 Å². The van der Waals surface area contributed by atoms with Crippen molar-refractivity contribution in [1.29, 1.82) is 0 Å². The van der Waals surface area contributed by atoms with E-state index in [1.54, 1.807) is 12.4 Å². The monoisotopic (exact) mass is 378 g/mol. The van der Waals surface area contributed by atoms with Gasteiger partial charge in [-0.1, -0.05) is 12.1 Å². The van der Waals surface area contributed by atoms with Crippen LogP contribution in [0.1, 0.15) is 43.5 Å². The molecule has 7 heteroatoms. The van der Waals surface area contributed by atoms with Crippen molar-refractivity contribution in [1.82, 2.24) is 15.4 Å². The van der Waals surface area contributed by atoms with Crippen molar-refractivity contribution in [3.63, 3.8) is 0 Å². The number of rotatable bonds is 3. The second-order valence-corrected chi connectivity index (χ2v) is 7.22. The number of carbonyl (C=O) groups is 1. The van der Waals surface area contributed by atoms with Crippen molar-refractivity contribution >= 4 is 17.4 Å². The number of nitrogens with zero attached hydrogens (tertiary/aromatic N) is 3. The lowest BCUT2D eigenvalue weighted by Crippen LogP contribution is -2.41. The molecule has 4 rings (SSSR count). The number of nitrogens with one attached hydrogen (secondary N) is 1. The van der Waals surface area contributed by atoms with Crippen LogP contribution in [0.4, 0.5) is 0 Å². The SMILES string of the molecule is O=C(O)C1(O)CCCC2C(c3ccccn3)=NNC(c3ccccn3)=C2CC1. The van der Waals surface area contributed by atoms with E-state index >= 15 is 0 Å². The second-order valence-electron chi connectivity index (χ2n) is 7.22. The number of fused-ring (bicyclic) bond motifs is 1. The Morgan fingerprint density at radius 3 is 2.43 bits per heavy atom. The van der Waals surface area contributed by atoms with Crippen LogP contribution < -0.4 is 5.43 Å². The molecule has 0 amide bonds. The molecule has 7 nitrogen and oxygen atoms in total. The maximum atomic E-state index is 11.6. The second kappa shape index (κ2) is 7.52. The molecule has 0 aromatic carbocycles. The molecule has 2 aromatic heterocycles. The lowest BCUT2D eigenvalue weighted by atomic mass is 9.76. The fourth-order valence-corrected chi connectivity index (χ4v) is 3.98. The molecule has 1 saturated carbocycles. The van der Waals surface area contributed by atoms with E-state index in [2.05, 4.69) is 20.5 Å². The summed E-state index contributed by atoms with van der Waals surface area (Å²) in [6.07, 6.45) is 5.56. The molecule has 28 heavy (non-hydrogen) atoms. The summed E-state index contributed by atoms with van der Waals surface area (Å²) in [7, 11) is 0. The van der Waals surface area contributed by atoms with Gasteiger partial charge < -0.3 is 10.2 Å². The Bertz CT molecular complexity index is 927. The van der Waals surface area contributed by atoms with Crippen molar-refractivity contribution in [3.05, 3.63) is 65.8 Å². The van der Waals surface area contributed by atoms with E-state index in [-0.39, 0.29) is 18.8 Å². The highest BCUT2D eigenvalue weighted by atomic mass is 16.4. The van der Waals surface area contributed by atoms with Crippen LogP contribution in [0.2, 0.25) is 0 Å². The number of pyridine rings is 2. The highest BCUT2D eigenvalue weighted by Gasteiger charge is 2.40. The average Bonchev–Trinajstić information content (AvgIpc) is 2.72. The van der Waals surface area contributed by atoms with Crippen molar-refractivity contribution in [3.8, 4) is 0 Å². The van der Waals surface area contributed by atoms with Gasteiger partial charge in [0.2, 0.25) is 0 Å².